The Kier molecular flexibility index (Phi) is 6.27. The molecule has 0 saturated carbocycles. The summed E-state index contributed by atoms with van der Waals surface area (Å²) in [4.78, 5) is 13.8. The van der Waals surface area contributed by atoms with Crippen LogP contribution in [-0.2, 0) is 14.2 Å². The zero-order chi connectivity index (χ0) is 15.2. The van der Waals surface area contributed by atoms with Gasteiger partial charge in [0.1, 0.15) is 5.60 Å². The predicted molar refractivity (Wildman–Crippen MR) is 77.9 cm³/mol. The fraction of sp³-hybridized carbons (Fsp3) is 0.933. The van der Waals surface area contributed by atoms with Crippen molar-refractivity contribution in [3.05, 3.63) is 0 Å². The second-order valence-corrected chi connectivity index (χ2v) is 6.50. The van der Waals surface area contributed by atoms with E-state index in [4.69, 9.17) is 14.2 Å². The summed E-state index contributed by atoms with van der Waals surface area (Å²) in [6.07, 6.45) is 1.64. The minimum Gasteiger partial charge on any atom is -0.444 e. The molecule has 5 nitrogen and oxygen atoms in total. The zero-order valence-electron chi connectivity index (χ0n) is 13.5. The second-order valence-electron chi connectivity index (χ2n) is 6.50. The van der Waals surface area contributed by atoms with E-state index in [2.05, 4.69) is 6.92 Å². The first kappa shape index (κ1) is 17.2. The van der Waals surface area contributed by atoms with Crippen LogP contribution in [0.4, 0.5) is 4.79 Å². The molecule has 0 bridgehead atoms. The highest BCUT2D eigenvalue weighted by molar-refractivity contribution is 5.68. The predicted octanol–water partition coefficient (Wildman–Crippen LogP) is 2.83. The molecule has 0 radical (unpaired) electrons. The quantitative estimate of drug-likeness (QED) is 0.730. The van der Waals surface area contributed by atoms with E-state index in [1.165, 1.54) is 0 Å². The number of hydrogen-bond acceptors (Lipinski definition) is 4. The molecule has 0 aromatic heterocycles. The number of amides is 1. The maximum atomic E-state index is 12.1. The lowest BCUT2D eigenvalue weighted by atomic mass is 9.95. The van der Waals surface area contributed by atoms with Gasteiger partial charge >= 0.3 is 6.09 Å². The zero-order valence-corrected chi connectivity index (χ0v) is 13.5. The van der Waals surface area contributed by atoms with Gasteiger partial charge in [0, 0.05) is 13.2 Å². The summed E-state index contributed by atoms with van der Waals surface area (Å²) in [5.74, 6) is 0. The van der Waals surface area contributed by atoms with Crippen molar-refractivity contribution in [3.63, 3.8) is 0 Å². The van der Waals surface area contributed by atoms with Gasteiger partial charge in [0.25, 0.3) is 0 Å². The smallest absolute Gasteiger partial charge is 0.410 e. The number of nitrogens with zero attached hydrogens (tertiary/aromatic N) is 1. The molecule has 1 heterocycles. The Hall–Kier alpha value is -0.810. The van der Waals surface area contributed by atoms with Crippen LogP contribution >= 0.6 is 0 Å². The first-order valence-electron chi connectivity index (χ1n) is 7.45. The van der Waals surface area contributed by atoms with Crippen molar-refractivity contribution in [1.29, 1.82) is 0 Å². The molecular formula is C15H29NO4. The van der Waals surface area contributed by atoms with Gasteiger partial charge in [-0.3, -0.25) is 0 Å². The molecule has 118 valence electrons. The molecular weight excluding hydrogens is 258 g/mol. The first-order chi connectivity index (χ1) is 9.26. The topological polar surface area (TPSA) is 48.0 Å². The Morgan fingerprint density at radius 3 is 2.60 bits per heavy atom. The van der Waals surface area contributed by atoms with Crippen molar-refractivity contribution in [2.75, 3.05) is 32.9 Å². The molecule has 0 aromatic carbocycles. The van der Waals surface area contributed by atoms with Crippen LogP contribution in [0.15, 0.2) is 0 Å². The minimum atomic E-state index is -0.458. The highest BCUT2D eigenvalue weighted by Crippen LogP contribution is 2.25. The maximum absolute atomic E-state index is 12.1. The molecule has 1 aliphatic rings. The molecule has 1 rings (SSSR count). The second kappa shape index (κ2) is 7.27. The maximum Gasteiger partial charge on any atom is 0.410 e. The van der Waals surface area contributed by atoms with Crippen LogP contribution in [0.2, 0.25) is 0 Å². The number of rotatable bonds is 5. The average Bonchev–Trinajstić information content (AvgIpc) is 2.33. The highest BCUT2D eigenvalue weighted by Gasteiger charge is 2.35. The molecule has 1 aliphatic heterocycles. The summed E-state index contributed by atoms with van der Waals surface area (Å²) in [5.41, 5.74) is -0.757. The van der Waals surface area contributed by atoms with Gasteiger partial charge in [0.2, 0.25) is 0 Å². The van der Waals surface area contributed by atoms with Gasteiger partial charge < -0.3 is 19.1 Å². The standard InChI is InChI=1S/C15H29NO4/c1-6-18-10-11-19-15(5)8-7-9-16(12-15)13(17)20-14(2,3)4/h6-12H2,1-5H3. The van der Waals surface area contributed by atoms with Crippen LogP contribution in [0.25, 0.3) is 0 Å². The molecule has 0 spiro atoms. The molecule has 1 amide bonds. The lowest BCUT2D eigenvalue weighted by Crippen LogP contribution is -2.51. The summed E-state index contributed by atoms with van der Waals surface area (Å²) in [7, 11) is 0. The third-order valence-corrected chi connectivity index (χ3v) is 3.19. The van der Waals surface area contributed by atoms with Gasteiger partial charge in [-0.05, 0) is 47.5 Å². The van der Waals surface area contributed by atoms with E-state index in [0.717, 1.165) is 19.4 Å². The first-order valence-corrected chi connectivity index (χ1v) is 7.45. The normalized spacial score (nSPS) is 23.8. The van der Waals surface area contributed by atoms with E-state index in [1.54, 1.807) is 4.90 Å². The molecule has 20 heavy (non-hydrogen) atoms. The van der Waals surface area contributed by atoms with E-state index in [1.807, 2.05) is 27.7 Å². The summed E-state index contributed by atoms with van der Waals surface area (Å²) in [6, 6.07) is 0. The van der Waals surface area contributed by atoms with E-state index in [9.17, 15) is 4.79 Å². The molecule has 0 aromatic rings. The van der Waals surface area contributed by atoms with Gasteiger partial charge in [-0.25, -0.2) is 4.79 Å². The van der Waals surface area contributed by atoms with Crippen molar-refractivity contribution < 1.29 is 19.0 Å². The summed E-state index contributed by atoms with van der Waals surface area (Å²) in [6.45, 7) is 12.8. The van der Waals surface area contributed by atoms with Crippen LogP contribution in [0.3, 0.4) is 0 Å². The lowest BCUT2D eigenvalue weighted by Gasteiger charge is -2.40. The number of likely N-dealkylation sites (tertiary alicyclic amines) is 1. The minimum absolute atomic E-state index is 0.253. The number of carbonyl (C=O) groups excluding carboxylic acids is 1. The Balaban J connectivity index is 2.46. The SMILES string of the molecule is CCOCCOC1(C)CCCN(C(=O)OC(C)(C)C)C1. The summed E-state index contributed by atoms with van der Waals surface area (Å²) >= 11 is 0. The fourth-order valence-electron chi connectivity index (χ4n) is 2.30. The van der Waals surface area contributed by atoms with E-state index in [-0.39, 0.29) is 11.7 Å². The van der Waals surface area contributed by atoms with Crippen molar-refractivity contribution in [2.24, 2.45) is 0 Å². The number of carbonyl (C=O) groups is 1. The largest absolute Gasteiger partial charge is 0.444 e. The molecule has 1 fully saturated rings. The molecule has 1 atom stereocenters. The molecule has 1 saturated heterocycles. The van der Waals surface area contributed by atoms with Crippen molar-refractivity contribution in [2.45, 2.75) is 58.7 Å². The number of ether oxygens (including phenoxy) is 3. The Bertz CT molecular complexity index is 313. The van der Waals surface area contributed by atoms with Crippen LogP contribution in [0.1, 0.15) is 47.5 Å². The third kappa shape index (κ3) is 6.09. The van der Waals surface area contributed by atoms with Gasteiger partial charge in [0.05, 0.1) is 25.4 Å². The highest BCUT2D eigenvalue weighted by atomic mass is 16.6. The number of hydrogen-bond donors (Lipinski definition) is 0. The number of piperidine rings is 1. The monoisotopic (exact) mass is 287 g/mol. The van der Waals surface area contributed by atoms with Crippen molar-refractivity contribution in [3.8, 4) is 0 Å². The van der Waals surface area contributed by atoms with E-state index in [0.29, 0.717) is 26.4 Å². The van der Waals surface area contributed by atoms with E-state index >= 15 is 0 Å². The molecule has 0 N–H and O–H groups in total. The van der Waals surface area contributed by atoms with Crippen molar-refractivity contribution >= 4 is 6.09 Å². The Morgan fingerprint density at radius 1 is 1.30 bits per heavy atom. The molecule has 1 unspecified atom stereocenters. The fourth-order valence-corrected chi connectivity index (χ4v) is 2.30. The van der Waals surface area contributed by atoms with Crippen molar-refractivity contribution in [1.82, 2.24) is 4.90 Å². The van der Waals surface area contributed by atoms with Gasteiger partial charge in [-0.1, -0.05) is 0 Å². The summed E-state index contributed by atoms with van der Waals surface area (Å²) < 4.78 is 16.6. The van der Waals surface area contributed by atoms with Gasteiger partial charge in [-0.2, -0.15) is 0 Å². The Morgan fingerprint density at radius 2 is 2.00 bits per heavy atom. The average molecular weight is 287 g/mol. The van der Waals surface area contributed by atoms with Gasteiger partial charge in [0.15, 0.2) is 0 Å². The van der Waals surface area contributed by atoms with Gasteiger partial charge in [-0.15, -0.1) is 0 Å². The lowest BCUT2D eigenvalue weighted by molar-refractivity contribution is -0.0928. The van der Waals surface area contributed by atoms with Crippen LogP contribution in [-0.4, -0.2) is 55.1 Å². The molecule has 5 heteroatoms. The van der Waals surface area contributed by atoms with Crippen LogP contribution < -0.4 is 0 Å². The van der Waals surface area contributed by atoms with Crippen LogP contribution in [0.5, 0.6) is 0 Å². The van der Waals surface area contributed by atoms with E-state index < -0.39 is 5.60 Å². The molecule has 0 aliphatic carbocycles. The van der Waals surface area contributed by atoms with Crippen LogP contribution in [0, 0.1) is 0 Å². The summed E-state index contributed by atoms with van der Waals surface area (Å²) in [5, 5.41) is 0. The Labute approximate surface area is 122 Å². The third-order valence-electron chi connectivity index (χ3n) is 3.19.